The fraction of sp³-hybridized carbons (Fsp3) is 0.467. The van der Waals surface area contributed by atoms with Crippen LogP contribution in [-0.2, 0) is 6.54 Å². The third-order valence-electron chi connectivity index (χ3n) is 7.37. The van der Waals surface area contributed by atoms with Gasteiger partial charge in [-0.15, -0.1) is 0 Å². The quantitative estimate of drug-likeness (QED) is 0.398. The summed E-state index contributed by atoms with van der Waals surface area (Å²) in [6, 6.07) is 24.1. The number of rotatable bonds is 8. The van der Waals surface area contributed by atoms with E-state index in [2.05, 4.69) is 81.4 Å². The molecular formula is C30H39N3O. The van der Waals surface area contributed by atoms with Crippen LogP contribution < -0.4 is 9.64 Å². The lowest BCUT2D eigenvalue weighted by molar-refractivity contribution is 0.238. The smallest absolute Gasteiger partial charge is 0.119 e. The minimum atomic E-state index is 0.809. The van der Waals surface area contributed by atoms with Gasteiger partial charge >= 0.3 is 0 Å². The lowest BCUT2D eigenvalue weighted by atomic mass is 10.1. The molecule has 2 saturated heterocycles. The third kappa shape index (κ3) is 6.11. The molecule has 0 aliphatic carbocycles. The Hall–Kier alpha value is -2.56. The van der Waals surface area contributed by atoms with Crippen LogP contribution in [0.5, 0.6) is 5.75 Å². The van der Waals surface area contributed by atoms with Crippen molar-refractivity contribution in [2.45, 2.75) is 38.6 Å². The predicted octanol–water partition coefficient (Wildman–Crippen LogP) is 5.81. The van der Waals surface area contributed by atoms with Crippen molar-refractivity contribution in [2.75, 3.05) is 57.3 Å². The van der Waals surface area contributed by atoms with E-state index in [4.69, 9.17) is 4.74 Å². The summed E-state index contributed by atoms with van der Waals surface area (Å²) >= 11 is 0. The molecule has 4 nitrogen and oxygen atoms in total. The maximum absolute atomic E-state index is 6.12. The molecule has 180 valence electrons. The van der Waals surface area contributed by atoms with Gasteiger partial charge in [0.15, 0.2) is 0 Å². The minimum absolute atomic E-state index is 0.809. The number of anilines is 1. The van der Waals surface area contributed by atoms with E-state index >= 15 is 0 Å². The molecule has 3 aromatic rings. The van der Waals surface area contributed by atoms with E-state index in [0.29, 0.717) is 0 Å². The molecule has 2 aliphatic heterocycles. The zero-order valence-electron chi connectivity index (χ0n) is 20.5. The normalized spacial score (nSPS) is 18.2. The van der Waals surface area contributed by atoms with Gasteiger partial charge in [-0.3, -0.25) is 4.90 Å². The lowest BCUT2D eigenvalue weighted by Gasteiger charge is -2.36. The monoisotopic (exact) mass is 457 g/mol. The van der Waals surface area contributed by atoms with Crippen LogP contribution in [0.1, 0.15) is 37.7 Å². The highest BCUT2D eigenvalue weighted by molar-refractivity contribution is 5.94. The Bertz CT molecular complexity index is 1030. The largest absolute Gasteiger partial charge is 0.494 e. The molecule has 2 aliphatic rings. The predicted molar refractivity (Wildman–Crippen MR) is 143 cm³/mol. The van der Waals surface area contributed by atoms with Crippen molar-refractivity contribution in [3.05, 3.63) is 72.3 Å². The molecule has 0 N–H and O–H groups in total. The Balaban J connectivity index is 1.09. The van der Waals surface area contributed by atoms with Crippen LogP contribution in [0.4, 0.5) is 5.69 Å². The zero-order chi connectivity index (χ0) is 23.0. The standard InChI is InChI=1S/C30H39N3O/c1-2-6-17-31(16-5-1)18-9-23-34-28-13-7-10-26(24-28)25-32-19-21-33(22-20-32)30-15-8-12-27-11-3-4-14-29(27)30/h3-4,7-8,10-15,24H,1-2,5-6,9,16-23,25H2. The average molecular weight is 458 g/mol. The summed E-state index contributed by atoms with van der Waals surface area (Å²) in [6.45, 7) is 9.82. The van der Waals surface area contributed by atoms with Gasteiger partial charge in [0.1, 0.15) is 5.75 Å². The van der Waals surface area contributed by atoms with Crippen molar-refractivity contribution in [1.82, 2.24) is 9.80 Å². The van der Waals surface area contributed by atoms with Crippen LogP contribution in [0.25, 0.3) is 10.8 Å². The summed E-state index contributed by atoms with van der Waals surface area (Å²) in [6.07, 6.45) is 6.63. The molecule has 0 atom stereocenters. The van der Waals surface area contributed by atoms with Crippen LogP contribution in [0, 0.1) is 0 Å². The summed E-state index contributed by atoms with van der Waals surface area (Å²) in [5, 5.41) is 2.69. The van der Waals surface area contributed by atoms with Gasteiger partial charge < -0.3 is 14.5 Å². The van der Waals surface area contributed by atoms with Crippen LogP contribution >= 0.6 is 0 Å². The van der Waals surface area contributed by atoms with E-state index < -0.39 is 0 Å². The van der Waals surface area contributed by atoms with Crippen molar-refractivity contribution in [3.63, 3.8) is 0 Å². The Morgan fingerprint density at radius 3 is 2.29 bits per heavy atom. The van der Waals surface area contributed by atoms with Gasteiger partial charge in [0.05, 0.1) is 6.61 Å². The number of ether oxygens (including phenoxy) is 1. The molecule has 0 bridgehead atoms. The summed E-state index contributed by atoms with van der Waals surface area (Å²) in [4.78, 5) is 7.73. The molecule has 0 amide bonds. The van der Waals surface area contributed by atoms with Crippen LogP contribution in [-0.4, -0.2) is 62.2 Å². The van der Waals surface area contributed by atoms with E-state index in [1.54, 1.807) is 0 Å². The highest BCUT2D eigenvalue weighted by atomic mass is 16.5. The summed E-state index contributed by atoms with van der Waals surface area (Å²) in [5.74, 6) is 1.02. The van der Waals surface area contributed by atoms with Crippen LogP contribution in [0.15, 0.2) is 66.7 Å². The Kier molecular flexibility index (Phi) is 8.00. The van der Waals surface area contributed by atoms with E-state index in [9.17, 15) is 0 Å². The van der Waals surface area contributed by atoms with Crippen molar-refractivity contribution >= 4 is 16.5 Å². The van der Waals surface area contributed by atoms with Gasteiger partial charge in [-0.25, -0.2) is 0 Å². The summed E-state index contributed by atoms with van der Waals surface area (Å²) < 4.78 is 6.12. The molecule has 4 heteroatoms. The average Bonchev–Trinajstić information content (AvgIpc) is 3.16. The van der Waals surface area contributed by atoms with E-state index in [1.807, 2.05) is 0 Å². The Morgan fingerprint density at radius 1 is 0.676 bits per heavy atom. The van der Waals surface area contributed by atoms with Crippen molar-refractivity contribution < 1.29 is 4.74 Å². The maximum atomic E-state index is 6.12. The van der Waals surface area contributed by atoms with E-state index in [0.717, 1.165) is 51.5 Å². The van der Waals surface area contributed by atoms with Gasteiger partial charge in [-0.05, 0) is 61.5 Å². The van der Waals surface area contributed by atoms with Gasteiger partial charge in [0, 0.05) is 50.3 Å². The second kappa shape index (κ2) is 11.7. The highest BCUT2D eigenvalue weighted by Crippen LogP contribution is 2.28. The second-order valence-electron chi connectivity index (χ2n) is 9.87. The first-order valence-corrected chi connectivity index (χ1v) is 13.2. The number of hydrogen-bond acceptors (Lipinski definition) is 4. The fourth-order valence-electron chi connectivity index (χ4n) is 5.46. The topological polar surface area (TPSA) is 19.0 Å². The molecule has 2 fully saturated rings. The molecule has 0 spiro atoms. The molecular weight excluding hydrogens is 418 g/mol. The minimum Gasteiger partial charge on any atom is -0.494 e. The van der Waals surface area contributed by atoms with Gasteiger partial charge in [0.25, 0.3) is 0 Å². The van der Waals surface area contributed by atoms with Crippen molar-refractivity contribution in [2.24, 2.45) is 0 Å². The second-order valence-corrected chi connectivity index (χ2v) is 9.87. The molecule has 34 heavy (non-hydrogen) atoms. The fourth-order valence-corrected chi connectivity index (χ4v) is 5.46. The summed E-state index contributed by atoms with van der Waals surface area (Å²) in [5.41, 5.74) is 2.72. The van der Waals surface area contributed by atoms with Crippen LogP contribution in [0.3, 0.4) is 0 Å². The number of hydrogen-bond donors (Lipinski definition) is 0. The molecule has 0 radical (unpaired) electrons. The van der Waals surface area contributed by atoms with Crippen LogP contribution in [0.2, 0.25) is 0 Å². The number of fused-ring (bicyclic) bond motifs is 1. The molecule has 2 heterocycles. The first kappa shape index (κ1) is 23.2. The SMILES string of the molecule is c1cc(CN2CCN(c3cccc4ccccc34)CC2)cc(OCCCN2CCCCCC2)c1. The summed E-state index contributed by atoms with van der Waals surface area (Å²) in [7, 11) is 0. The highest BCUT2D eigenvalue weighted by Gasteiger charge is 2.19. The molecule has 0 saturated carbocycles. The van der Waals surface area contributed by atoms with E-state index in [-0.39, 0.29) is 0 Å². The van der Waals surface area contributed by atoms with E-state index in [1.165, 1.54) is 67.3 Å². The van der Waals surface area contributed by atoms with Gasteiger partial charge in [-0.1, -0.05) is 61.4 Å². The molecule has 3 aromatic carbocycles. The molecule has 5 rings (SSSR count). The Labute approximate surface area is 205 Å². The zero-order valence-corrected chi connectivity index (χ0v) is 20.5. The molecule has 0 aromatic heterocycles. The lowest BCUT2D eigenvalue weighted by Crippen LogP contribution is -2.46. The first-order chi connectivity index (χ1) is 16.8. The number of benzene rings is 3. The third-order valence-corrected chi connectivity index (χ3v) is 7.37. The molecule has 0 unspecified atom stereocenters. The van der Waals surface area contributed by atoms with Gasteiger partial charge in [0.2, 0.25) is 0 Å². The van der Waals surface area contributed by atoms with Crippen molar-refractivity contribution in [3.8, 4) is 5.75 Å². The number of likely N-dealkylation sites (tertiary alicyclic amines) is 1. The first-order valence-electron chi connectivity index (χ1n) is 13.2. The number of piperazine rings is 1. The maximum Gasteiger partial charge on any atom is 0.119 e. The van der Waals surface area contributed by atoms with Gasteiger partial charge in [-0.2, -0.15) is 0 Å². The number of nitrogens with zero attached hydrogens (tertiary/aromatic N) is 3. The van der Waals surface area contributed by atoms with Crippen molar-refractivity contribution in [1.29, 1.82) is 0 Å². The Morgan fingerprint density at radius 2 is 1.44 bits per heavy atom.